The van der Waals surface area contributed by atoms with Crippen LogP contribution in [-0.2, 0) is 0 Å². The summed E-state index contributed by atoms with van der Waals surface area (Å²) in [5.74, 6) is -0.646. The maximum absolute atomic E-state index is 13.0. The number of carbonyl (C=O) groups excluding carboxylic acids is 1. The van der Waals surface area contributed by atoms with E-state index in [1.54, 1.807) is 12.1 Å². The van der Waals surface area contributed by atoms with E-state index in [1.165, 1.54) is 24.4 Å². The van der Waals surface area contributed by atoms with Crippen LogP contribution in [0.2, 0.25) is 0 Å². The molecule has 0 unspecified atom stereocenters. The van der Waals surface area contributed by atoms with Crippen LogP contribution in [0.25, 0.3) is 0 Å². The Morgan fingerprint density at radius 2 is 2.27 bits per heavy atom. The molecule has 80 valence electrons. The number of hydrogen-bond donors (Lipinski definition) is 1. The number of halogens is 1. The minimum absolute atomic E-state index is 0.0834. The van der Waals surface area contributed by atoms with Crippen molar-refractivity contribution < 1.29 is 13.9 Å². The van der Waals surface area contributed by atoms with E-state index in [0.717, 1.165) is 6.42 Å². The van der Waals surface area contributed by atoms with Gasteiger partial charge in [-0.3, -0.25) is 5.32 Å². The number of hydrogen-bond acceptors (Lipinski definition) is 2. The average molecular weight is 209 g/mol. The van der Waals surface area contributed by atoms with E-state index in [0.29, 0.717) is 0 Å². The molecule has 0 heterocycles. The molecule has 0 saturated carbocycles. The third-order valence-electron chi connectivity index (χ3n) is 1.59. The van der Waals surface area contributed by atoms with Crippen molar-refractivity contribution in [1.29, 1.82) is 0 Å². The van der Waals surface area contributed by atoms with Crippen LogP contribution in [0.1, 0.15) is 13.3 Å². The normalized spacial score (nSPS) is 10.3. The number of allylic oxidation sites excluding steroid dienone is 1. The van der Waals surface area contributed by atoms with Gasteiger partial charge in [-0.15, -0.1) is 0 Å². The molecular formula is C11H12FNO2. The van der Waals surface area contributed by atoms with Gasteiger partial charge in [-0.05, 0) is 18.6 Å². The highest BCUT2D eigenvalue weighted by Crippen LogP contribution is 2.15. The lowest BCUT2D eigenvalue weighted by molar-refractivity contribution is 0.202. The second-order valence-corrected chi connectivity index (χ2v) is 2.77. The molecule has 0 radical (unpaired) electrons. The molecular weight excluding hydrogens is 197 g/mol. The average Bonchev–Trinajstić information content (AvgIpc) is 2.22. The summed E-state index contributed by atoms with van der Waals surface area (Å²) < 4.78 is 17.7. The van der Waals surface area contributed by atoms with Gasteiger partial charge in [0.05, 0.1) is 0 Å². The van der Waals surface area contributed by atoms with Crippen molar-refractivity contribution in [2.45, 2.75) is 13.3 Å². The minimum atomic E-state index is -0.704. The summed E-state index contributed by atoms with van der Waals surface area (Å²) in [7, 11) is 0. The van der Waals surface area contributed by atoms with E-state index in [-0.39, 0.29) is 5.75 Å². The highest BCUT2D eigenvalue weighted by atomic mass is 19.1. The third kappa shape index (κ3) is 3.81. The first kappa shape index (κ1) is 11.2. The molecule has 0 aliphatic carbocycles. The zero-order valence-electron chi connectivity index (χ0n) is 8.37. The van der Waals surface area contributed by atoms with Crippen LogP contribution in [0.4, 0.5) is 9.18 Å². The Bertz CT molecular complexity index is 363. The second kappa shape index (κ2) is 5.80. The van der Waals surface area contributed by atoms with Gasteiger partial charge in [0, 0.05) is 6.20 Å². The molecule has 4 heteroatoms. The Kier molecular flexibility index (Phi) is 4.34. The van der Waals surface area contributed by atoms with Gasteiger partial charge in [-0.1, -0.05) is 25.1 Å². The molecule has 3 nitrogen and oxygen atoms in total. The molecule has 0 atom stereocenters. The zero-order valence-corrected chi connectivity index (χ0v) is 8.37. The Labute approximate surface area is 87.6 Å². The molecule has 0 fully saturated rings. The summed E-state index contributed by atoms with van der Waals surface area (Å²) in [6.45, 7) is 1.93. The van der Waals surface area contributed by atoms with E-state index < -0.39 is 11.9 Å². The summed E-state index contributed by atoms with van der Waals surface area (Å²) in [5.41, 5.74) is 0. The lowest BCUT2D eigenvalue weighted by Crippen LogP contribution is -2.21. The van der Waals surface area contributed by atoms with Crippen molar-refractivity contribution in [3.63, 3.8) is 0 Å². The zero-order chi connectivity index (χ0) is 11.1. The number of carbonyl (C=O) groups is 1. The van der Waals surface area contributed by atoms with E-state index in [2.05, 4.69) is 5.32 Å². The minimum Gasteiger partial charge on any atom is -0.407 e. The van der Waals surface area contributed by atoms with Crippen LogP contribution < -0.4 is 10.1 Å². The molecule has 1 amide bonds. The first-order valence-corrected chi connectivity index (χ1v) is 4.62. The first-order chi connectivity index (χ1) is 7.24. The van der Waals surface area contributed by atoms with Crippen molar-refractivity contribution in [3.8, 4) is 5.75 Å². The Balaban J connectivity index is 2.52. The monoisotopic (exact) mass is 209 g/mol. The highest BCUT2D eigenvalue weighted by Gasteiger charge is 2.05. The van der Waals surface area contributed by atoms with Crippen LogP contribution in [0.15, 0.2) is 36.5 Å². The number of para-hydroxylation sites is 1. The van der Waals surface area contributed by atoms with Gasteiger partial charge in [-0.2, -0.15) is 0 Å². The molecule has 1 aromatic carbocycles. The number of amides is 1. The van der Waals surface area contributed by atoms with Crippen molar-refractivity contribution in [2.75, 3.05) is 0 Å². The molecule has 0 aliphatic heterocycles. The second-order valence-electron chi connectivity index (χ2n) is 2.77. The summed E-state index contributed by atoms with van der Waals surface area (Å²) in [5, 5.41) is 2.35. The summed E-state index contributed by atoms with van der Waals surface area (Å²) in [6, 6.07) is 5.73. The van der Waals surface area contributed by atoms with Crippen molar-refractivity contribution >= 4 is 6.09 Å². The first-order valence-electron chi connectivity index (χ1n) is 4.62. The van der Waals surface area contributed by atoms with Crippen LogP contribution in [0.3, 0.4) is 0 Å². The number of nitrogens with one attached hydrogen (secondary N) is 1. The summed E-state index contributed by atoms with van der Waals surface area (Å²) in [6.07, 6.45) is 3.32. The molecule has 0 aromatic heterocycles. The molecule has 15 heavy (non-hydrogen) atoms. The fourth-order valence-corrected chi connectivity index (χ4v) is 0.902. The maximum atomic E-state index is 13.0. The lowest BCUT2D eigenvalue weighted by Gasteiger charge is -2.03. The molecule has 0 aliphatic rings. The van der Waals surface area contributed by atoms with Crippen LogP contribution in [-0.4, -0.2) is 6.09 Å². The summed E-state index contributed by atoms with van der Waals surface area (Å²) in [4.78, 5) is 11.1. The number of benzene rings is 1. The van der Waals surface area contributed by atoms with E-state index in [9.17, 15) is 9.18 Å². The van der Waals surface area contributed by atoms with Gasteiger partial charge in [0.2, 0.25) is 0 Å². The highest BCUT2D eigenvalue weighted by molar-refractivity contribution is 5.71. The largest absolute Gasteiger partial charge is 0.416 e. The maximum Gasteiger partial charge on any atom is 0.416 e. The van der Waals surface area contributed by atoms with Gasteiger partial charge < -0.3 is 4.74 Å². The molecule has 1 aromatic rings. The van der Waals surface area contributed by atoms with Crippen molar-refractivity contribution in [2.24, 2.45) is 0 Å². The Morgan fingerprint density at radius 1 is 1.53 bits per heavy atom. The van der Waals surface area contributed by atoms with Gasteiger partial charge in [-0.25, -0.2) is 9.18 Å². The number of rotatable bonds is 3. The predicted octanol–water partition coefficient (Wildman–Crippen LogP) is 2.84. The Morgan fingerprint density at radius 3 is 2.93 bits per heavy atom. The molecule has 0 spiro atoms. The molecule has 0 saturated heterocycles. The van der Waals surface area contributed by atoms with Gasteiger partial charge in [0.25, 0.3) is 0 Å². The van der Waals surface area contributed by atoms with Crippen molar-refractivity contribution in [3.05, 3.63) is 42.4 Å². The molecule has 1 N–H and O–H groups in total. The van der Waals surface area contributed by atoms with Gasteiger partial charge >= 0.3 is 6.09 Å². The van der Waals surface area contributed by atoms with Crippen LogP contribution >= 0.6 is 0 Å². The fraction of sp³-hybridized carbons (Fsp3) is 0.182. The SMILES string of the molecule is CCC=CNC(=O)Oc1ccccc1F. The smallest absolute Gasteiger partial charge is 0.407 e. The molecule has 0 bridgehead atoms. The van der Waals surface area contributed by atoms with Crippen molar-refractivity contribution in [1.82, 2.24) is 5.32 Å². The number of ether oxygens (including phenoxy) is 1. The van der Waals surface area contributed by atoms with E-state index in [4.69, 9.17) is 4.74 Å². The third-order valence-corrected chi connectivity index (χ3v) is 1.59. The Hall–Kier alpha value is -1.84. The topological polar surface area (TPSA) is 38.3 Å². The lowest BCUT2D eigenvalue weighted by atomic mass is 10.3. The fourth-order valence-electron chi connectivity index (χ4n) is 0.902. The standard InChI is InChI=1S/C11H12FNO2/c1-2-3-8-13-11(14)15-10-7-5-4-6-9(10)12/h3-8H,2H2,1H3,(H,13,14). The van der Waals surface area contributed by atoms with Crippen LogP contribution in [0.5, 0.6) is 5.75 Å². The van der Waals surface area contributed by atoms with E-state index in [1.807, 2.05) is 6.92 Å². The van der Waals surface area contributed by atoms with Gasteiger partial charge in [0.15, 0.2) is 11.6 Å². The van der Waals surface area contributed by atoms with Gasteiger partial charge in [0.1, 0.15) is 0 Å². The van der Waals surface area contributed by atoms with E-state index >= 15 is 0 Å². The van der Waals surface area contributed by atoms with Crippen LogP contribution in [0, 0.1) is 5.82 Å². The predicted molar refractivity (Wildman–Crippen MR) is 55.0 cm³/mol. The molecule has 1 rings (SSSR count). The quantitative estimate of drug-likeness (QED) is 0.831. The summed E-state index contributed by atoms with van der Waals surface area (Å²) >= 11 is 0.